The van der Waals surface area contributed by atoms with Crippen LogP contribution in [0, 0.1) is 5.82 Å². The predicted octanol–water partition coefficient (Wildman–Crippen LogP) is 4.01. The van der Waals surface area contributed by atoms with Gasteiger partial charge in [-0.05, 0) is 39.0 Å². The number of fused-ring (bicyclic) bond motifs is 1. The van der Waals surface area contributed by atoms with E-state index in [0.29, 0.717) is 4.47 Å². The average molecular weight is 399 g/mol. The van der Waals surface area contributed by atoms with Crippen LogP contribution in [0.15, 0.2) is 27.2 Å². The number of hydrogen-bond acceptors (Lipinski definition) is 4. The van der Waals surface area contributed by atoms with Crippen LogP contribution in [0.25, 0.3) is 6.08 Å². The fourth-order valence-corrected chi connectivity index (χ4v) is 2.45. The van der Waals surface area contributed by atoms with E-state index in [1.807, 2.05) is 0 Å². The molecule has 1 aromatic carbocycles. The summed E-state index contributed by atoms with van der Waals surface area (Å²) in [4.78, 5) is 27.4. The maximum absolute atomic E-state index is 14.1. The van der Waals surface area contributed by atoms with E-state index in [1.54, 1.807) is 20.8 Å². The van der Waals surface area contributed by atoms with Crippen molar-refractivity contribution in [1.82, 2.24) is 5.32 Å². The van der Waals surface area contributed by atoms with Crippen LogP contribution in [0.3, 0.4) is 0 Å². The van der Waals surface area contributed by atoms with Crippen molar-refractivity contribution in [3.63, 3.8) is 0 Å². The second-order valence-corrected chi connectivity index (χ2v) is 7.07. The lowest BCUT2D eigenvalue weighted by Crippen LogP contribution is -2.36. The summed E-state index contributed by atoms with van der Waals surface area (Å²) in [6, 6.07) is 2.76. The summed E-state index contributed by atoms with van der Waals surface area (Å²) in [7, 11) is 0. The molecule has 24 heavy (non-hydrogen) atoms. The monoisotopic (exact) mass is 398 g/mol. The lowest BCUT2D eigenvalue weighted by atomic mass is 10.1. The Morgan fingerprint density at radius 2 is 2.04 bits per heavy atom. The highest BCUT2D eigenvalue weighted by Crippen LogP contribution is 2.32. The molecule has 0 aromatic heterocycles. The topological polar surface area (TPSA) is 88.0 Å². The number of aliphatic imine (C=N–C) groups is 1. The minimum absolute atomic E-state index is 0.0524. The van der Waals surface area contributed by atoms with Crippen molar-refractivity contribution in [2.24, 2.45) is 4.99 Å². The van der Waals surface area contributed by atoms with Crippen LogP contribution >= 0.6 is 15.9 Å². The summed E-state index contributed by atoms with van der Waals surface area (Å²) >= 11 is 3.16. The van der Waals surface area contributed by atoms with Crippen molar-refractivity contribution >= 4 is 45.6 Å². The minimum Gasteiger partial charge on any atom is -0.478 e. The summed E-state index contributed by atoms with van der Waals surface area (Å²) in [5, 5.41) is 11.7. The first kappa shape index (κ1) is 18.1. The number of ether oxygens (including phenoxy) is 1. The summed E-state index contributed by atoms with van der Waals surface area (Å²) in [5.74, 6) is -1.77. The molecule has 2 rings (SSSR count). The molecule has 0 unspecified atom stereocenters. The third kappa shape index (κ3) is 4.64. The Labute approximate surface area is 146 Å². The number of benzene rings is 1. The first-order valence-corrected chi connectivity index (χ1v) is 7.85. The number of carbonyl (C=O) groups excluding carboxylic acids is 1. The van der Waals surface area contributed by atoms with Gasteiger partial charge in [0.05, 0.1) is 5.69 Å². The number of nitrogens with one attached hydrogen (secondary N) is 1. The van der Waals surface area contributed by atoms with Crippen LogP contribution in [-0.4, -0.2) is 28.6 Å². The van der Waals surface area contributed by atoms with Crippen molar-refractivity contribution < 1.29 is 23.8 Å². The molecule has 2 N–H and O–H groups in total. The Hall–Kier alpha value is -2.22. The maximum atomic E-state index is 14.1. The van der Waals surface area contributed by atoms with E-state index >= 15 is 0 Å². The van der Waals surface area contributed by atoms with Crippen molar-refractivity contribution in [2.75, 3.05) is 0 Å². The SMILES string of the molecule is CC(C)(C)OC(=O)NC1=Nc2cc(Br)cc(F)c2C=C(C(=O)O)C1. The van der Waals surface area contributed by atoms with Crippen LogP contribution in [-0.2, 0) is 9.53 Å². The van der Waals surface area contributed by atoms with Crippen LogP contribution in [0.5, 0.6) is 0 Å². The fourth-order valence-electron chi connectivity index (χ4n) is 2.03. The summed E-state index contributed by atoms with van der Waals surface area (Å²) < 4.78 is 19.7. The highest BCUT2D eigenvalue weighted by atomic mass is 79.9. The van der Waals surface area contributed by atoms with Crippen molar-refractivity contribution in [1.29, 1.82) is 0 Å². The standard InChI is InChI=1S/C16H16BrFN2O4/c1-16(2,3)24-15(23)20-13-5-8(14(21)22)4-10-11(18)6-9(17)7-12(10)19-13/h4,6-7H,5H2,1-3H3,(H,21,22)(H,19,20,23). The molecule has 0 aliphatic carbocycles. The van der Waals surface area contributed by atoms with Gasteiger partial charge in [-0.25, -0.2) is 19.0 Å². The second kappa shape index (κ2) is 6.72. The lowest BCUT2D eigenvalue weighted by Gasteiger charge is -2.20. The van der Waals surface area contributed by atoms with Gasteiger partial charge in [-0.2, -0.15) is 0 Å². The molecule has 1 heterocycles. The average Bonchev–Trinajstić information content (AvgIpc) is 2.55. The lowest BCUT2D eigenvalue weighted by molar-refractivity contribution is -0.132. The van der Waals surface area contributed by atoms with Gasteiger partial charge in [-0.15, -0.1) is 0 Å². The van der Waals surface area contributed by atoms with Gasteiger partial charge >= 0.3 is 12.1 Å². The number of carboxylic acid groups (broad SMARTS) is 1. The molecule has 1 aliphatic rings. The molecule has 0 bridgehead atoms. The smallest absolute Gasteiger partial charge is 0.413 e. The third-order valence-electron chi connectivity index (χ3n) is 2.92. The van der Waals surface area contributed by atoms with E-state index in [-0.39, 0.29) is 29.1 Å². The Morgan fingerprint density at radius 1 is 1.38 bits per heavy atom. The Bertz CT molecular complexity index is 766. The maximum Gasteiger partial charge on any atom is 0.413 e. The largest absolute Gasteiger partial charge is 0.478 e. The number of nitrogens with zero attached hydrogens (tertiary/aromatic N) is 1. The molecule has 0 radical (unpaired) electrons. The molecule has 0 saturated carbocycles. The third-order valence-corrected chi connectivity index (χ3v) is 3.38. The molecule has 1 aromatic rings. The molecule has 0 fully saturated rings. The van der Waals surface area contributed by atoms with E-state index in [4.69, 9.17) is 4.74 Å². The highest BCUT2D eigenvalue weighted by Gasteiger charge is 2.23. The van der Waals surface area contributed by atoms with Gasteiger partial charge in [0.25, 0.3) is 0 Å². The molecule has 128 valence electrons. The van der Waals surface area contributed by atoms with Gasteiger partial charge < -0.3 is 9.84 Å². The first-order valence-electron chi connectivity index (χ1n) is 7.05. The first-order chi connectivity index (χ1) is 11.0. The fraction of sp³-hybridized carbons (Fsp3) is 0.312. The Morgan fingerprint density at radius 3 is 2.62 bits per heavy atom. The number of carboxylic acids is 1. The minimum atomic E-state index is -1.22. The van der Waals surface area contributed by atoms with Crippen molar-refractivity contribution in [3.05, 3.63) is 33.6 Å². The number of alkyl carbamates (subject to hydrolysis) is 1. The molecule has 8 heteroatoms. The van der Waals surface area contributed by atoms with Gasteiger partial charge in [-0.3, -0.25) is 5.32 Å². The Balaban J connectivity index is 2.42. The summed E-state index contributed by atoms with van der Waals surface area (Å²) in [6.07, 6.45) is 0.289. The van der Waals surface area contributed by atoms with E-state index in [9.17, 15) is 19.1 Å². The molecule has 6 nitrogen and oxygen atoms in total. The molecular formula is C16H16BrFN2O4. The van der Waals surface area contributed by atoms with Crippen molar-refractivity contribution in [2.45, 2.75) is 32.8 Å². The van der Waals surface area contributed by atoms with Crippen LogP contribution in [0.2, 0.25) is 0 Å². The second-order valence-electron chi connectivity index (χ2n) is 6.16. The van der Waals surface area contributed by atoms with Gasteiger partial charge in [-0.1, -0.05) is 15.9 Å². The van der Waals surface area contributed by atoms with Crippen LogP contribution in [0.4, 0.5) is 14.9 Å². The molecule has 0 atom stereocenters. The van der Waals surface area contributed by atoms with E-state index in [0.717, 1.165) is 0 Å². The number of rotatable bonds is 1. The number of amides is 1. The zero-order valence-corrected chi connectivity index (χ0v) is 14.9. The van der Waals surface area contributed by atoms with Gasteiger partial charge in [0, 0.05) is 22.0 Å². The summed E-state index contributed by atoms with van der Waals surface area (Å²) in [6.45, 7) is 5.10. The molecule has 1 aliphatic heterocycles. The van der Waals surface area contributed by atoms with Crippen LogP contribution in [0.1, 0.15) is 32.8 Å². The Kier molecular flexibility index (Phi) is 5.08. The predicted molar refractivity (Wildman–Crippen MR) is 90.8 cm³/mol. The normalized spacial score (nSPS) is 14.0. The molecule has 0 spiro atoms. The zero-order chi connectivity index (χ0) is 18.1. The van der Waals surface area contributed by atoms with E-state index in [2.05, 4.69) is 26.2 Å². The quantitative estimate of drug-likeness (QED) is 0.747. The molecular weight excluding hydrogens is 383 g/mol. The number of amidine groups is 1. The molecule has 1 amide bonds. The zero-order valence-electron chi connectivity index (χ0n) is 13.3. The van der Waals surface area contributed by atoms with Gasteiger partial charge in [0.15, 0.2) is 0 Å². The summed E-state index contributed by atoms with van der Waals surface area (Å²) in [5.41, 5.74) is -0.543. The van der Waals surface area contributed by atoms with E-state index < -0.39 is 23.5 Å². The number of hydrogen-bond donors (Lipinski definition) is 2. The number of aliphatic carboxylic acids is 1. The van der Waals surface area contributed by atoms with Gasteiger partial charge in [0.1, 0.15) is 17.3 Å². The molecule has 0 saturated heterocycles. The van der Waals surface area contributed by atoms with Gasteiger partial charge in [0.2, 0.25) is 0 Å². The van der Waals surface area contributed by atoms with Crippen LogP contribution < -0.4 is 5.32 Å². The van der Waals surface area contributed by atoms with Crippen molar-refractivity contribution in [3.8, 4) is 0 Å². The number of carbonyl (C=O) groups is 2. The highest BCUT2D eigenvalue weighted by molar-refractivity contribution is 9.10. The number of halogens is 2. The van der Waals surface area contributed by atoms with E-state index in [1.165, 1.54) is 18.2 Å².